The van der Waals surface area contributed by atoms with Gasteiger partial charge in [-0.25, -0.2) is 8.42 Å². The highest BCUT2D eigenvalue weighted by Gasteiger charge is 2.19. The van der Waals surface area contributed by atoms with Crippen LogP contribution in [0.1, 0.15) is 10.4 Å². The summed E-state index contributed by atoms with van der Waals surface area (Å²) in [4.78, 5) is 0.857. The third-order valence-electron chi connectivity index (χ3n) is 2.62. The fourth-order valence-corrected chi connectivity index (χ4v) is 4.78. The molecule has 108 valence electrons. The average molecular weight is 396 g/mol. The minimum absolute atomic E-state index is 0.238. The smallest absolute Gasteiger partial charge is 0.271 e. The lowest BCUT2D eigenvalue weighted by molar-refractivity contribution is 0.603. The number of hydrogen-bond donors (Lipinski definition) is 2. The molecule has 0 aliphatic rings. The van der Waals surface area contributed by atoms with Crippen molar-refractivity contribution >= 4 is 54.6 Å². The molecule has 0 aliphatic carbocycles. The van der Waals surface area contributed by atoms with Gasteiger partial charge in [-0.05, 0) is 52.7 Å². The normalized spacial score (nSPS) is 11.6. The first-order valence-electron chi connectivity index (χ1n) is 5.60. The number of benzene rings is 1. The number of nitrogens with two attached hydrogens (primary N) is 1. The molecular weight excluding hydrogens is 384 g/mol. The molecular formula is C12H12BrClN2O2S2. The standard InChI is InChI=1S/C12H12BrClN2O2S2/c1-7-4-12(19-11(7)6-15)20(17,18)16-10-5-8(14)2-3-9(10)13/h2-5,16H,6,15H2,1H3. The second kappa shape index (κ2) is 6.03. The van der Waals surface area contributed by atoms with Crippen LogP contribution < -0.4 is 10.5 Å². The molecule has 0 radical (unpaired) electrons. The van der Waals surface area contributed by atoms with Crippen molar-refractivity contribution in [2.24, 2.45) is 5.73 Å². The van der Waals surface area contributed by atoms with Crippen LogP contribution in [-0.2, 0) is 16.6 Å². The predicted octanol–water partition coefficient (Wildman–Crippen LogP) is 3.73. The van der Waals surface area contributed by atoms with Crippen LogP contribution in [0.4, 0.5) is 5.69 Å². The predicted molar refractivity (Wildman–Crippen MR) is 86.9 cm³/mol. The van der Waals surface area contributed by atoms with E-state index in [1.54, 1.807) is 24.3 Å². The van der Waals surface area contributed by atoms with Crippen molar-refractivity contribution in [1.29, 1.82) is 0 Å². The van der Waals surface area contributed by atoms with Gasteiger partial charge in [0.25, 0.3) is 10.0 Å². The van der Waals surface area contributed by atoms with Crippen molar-refractivity contribution < 1.29 is 8.42 Å². The lowest BCUT2D eigenvalue weighted by Gasteiger charge is -2.08. The number of nitrogens with one attached hydrogen (secondary N) is 1. The third kappa shape index (κ3) is 3.35. The van der Waals surface area contributed by atoms with Crippen molar-refractivity contribution in [2.75, 3.05) is 4.72 Å². The van der Waals surface area contributed by atoms with Gasteiger partial charge in [0.1, 0.15) is 4.21 Å². The maximum absolute atomic E-state index is 12.3. The number of rotatable bonds is 4. The van der Waals surface area contributed by atoms with Crippen LogP contribution in [0.2, 0.25) is 5.02 Å². The summed E-state index contributed by atoms with van der Waals surface area (Å²) in [6.07, 6.45) is 0. The minimum Gasteiger partial charge on any atom is -0.326 e. The number of sulfonamides is 1. The quantitative estimate of drug-likeness (QED) is 0.828. The fourth-order valence-electron chi connectivity index (χ4n) is 1.59. The molecule has 20 heavy (non-hydrogen) atoms. The van der Waals surface area contributed by atoms with E-state index in [0.29, 0.717) is 21.7 Å². The van der Waals surface area contributed by atoms with E-state index in [0.717, 1.165) is 10.4 Å². The highest BCUT2D eigenvalue weighted by Crippen LogP contribution is 2.31. The Balaban J connectivity index is 2.37. The first-order valence-corrected chi connectivity index (χ1v) is 9.08. The van der Waals surface area contributed by atoms with Crippen LogP contribution in [0.15, 0.2) is 32.9 Å². The highest BCUT2D eigenvalue weighted by atomic mass is 79.9. The van der Waals surface area contributed by atoms with E-state index in [1.807, 2.05) is 6.92 Å². The molecule has 0 atom stereocenters. The van der Waals surface area contributed by atoms with Gasteiger partial charge in [-0.3, -0.25) is 4.72 Å². The summed E-state index contributed by atoms with van der Waals surface area (Å²) >= 11 is 10.3. The Hall–Kier alpha value is -0.600. The van der Waals surface area contributed by atoms with Crippen LogP contribution in [0.3, 0.4) is 0 Å². The Morgan fingerprint density at radius 2 is 2.10 bits per heavy atom. The zero-order valence-electron chi connectivity index (χ0n) is 10.5. The van der Waals surface area contributed by atoms with Gasteiger partial charge in [0.2, 0.25) is 0 Å². The maximum atomic E-state index is 12.3. The van der Waals surface area contributed by atoms with Crippen molar-refractivity contribution in [3.8, 4) is 0 Å². The monoisotopic (exact) mass is 394 g/mol. The van der Waals surface area contributed by atoms with Crippen LogP contribution in [-0.4, -0.2) is 8.42 Å². The Morgan fingerprint density at radius 1 is 1.40 bits per heavy atom. The van der Waals surface area contributed by atoms with E-state index in [9.17, 15) is 8.42 Å². The molecule has 2 rings (SSSR count). The number of hydrogen-bond acceptors (Lipinski definition) is 4. The number of anilines is 1. The fraction of sp³-hybridized carbons (Fsp3) is 0.167. The Labute approximate surface area is 135 Å². The number of aryl methyl sites for hydroxylation is 1. The molecule has 0 amide bonds. The molecule has 3 N–H and O–H groups in total. The largest absolute Gasteiger partial charge is 0.326 e. The van der Waals surface area contributed by atoms with E-state index in [4.69, 9.17) is 17.3 Å². The van der Waals surface area contributed by atoms with Crippen molar-refractivity contribution in [3.63, 3.8) is 0 Å². The summed E-state index contributed by atoms with van der Waals surface area (Å²) in [5, 5.41) is 0.455. The molecule has 2 aromatic rings. The summed E-state index contributed by atoms with van der Waals surface area (Å²) in [6.45, 7) is 2.17. The van der Waals surface area contributed by atoms with Crippen molar-refractivity contribution in [2.45, 2.75) is 17.7 Å². The molecule has 0 bridgehead atoms. The first-order chi connectivity index (χ1) is 9.33. The van der Waals surface area contributed by atoms with Gasteiger partial charge in [-0.15, -0.1) is 11.3 Å². The molecule has 1 aromatic carbocycles. The zero-order chi connectivity index (χ0) is 14.9. The van der Waals surface area contributed by atoms with Gasteiger partial charge in [-0.2, -0.15) is 0 Å². The Morgan fingerprint density at radius 3 is 2.70 bits per heavy atom. The number of thiophene rings is 1. The van der Waals surface area contributed by atoms with E-state index in [-0.39, 0.29) is 4.21 Å². The lowest BCUT2D eigenvalue weighted by Crippen LogP contribution is -2.11. The van der Waals surface area contributed by atoms with Gasteiger partial charge in [0.05, 0.1) is 5.69 Å². The second-order valence-electron chi connectivity index (χ2n) is 4.11. The van der Waals surface area contributed by atoms with Crippen LogP contribution in [0.25, 0.3) is 0 Å². The molecule has 4 nitrogen and oxygen atoms in total. The molecule has 1 aromatic heterocycles. The third-order valence-corrected chi connectivity index (χ3v) is 6.65. The van der Waals surface area contributed by atoms with Crippen LogP contribution >= 0.6 is 38.9 Å². The maximum Gasteiger partial charge on any atom is 0.271 e. The Bertz CT molecular complexity index is 744. The van der Waals surface area contributed by atoms with E-state index in [2.05, 4.69) is 20.7 Å². The second-order valence-corrected chi connectivity index (χ2v) is 8.44. The summed E-state index contributed by atoms with van der Waals surface area (Å²) in [7, 11) is -3.64. The molecule has 0 fully saturated rings. The van der Waals surface area contributed by atoms with Gasteiger partial charge in [0.15, 0.2) is 0 Å². The topological polar surface area (TPSA) is 72.2 Å². The molecule has 0 saturated carbocycles. The molecule has 0 unspecified atom stereocenters. The van der Waals surface area contributed by atoms with Crippen LogP contribution in [0, 0.1) is 6.92 Å². The highest BCUT2D eigenvalue weighted by molar-refractivity contribution is 9.10. The molecule has 8 heteroatoms. The minimum atomic E-state index is -3.64. The summed E-state index contributed by atoms with van der Waals surface area (Å²) in [5.74, 6) is 0. The van der Waals surface area contributed by atoms with E-state index in [1.165, 1.54) is 11.3 Å². The first kappa shape index (κ1) is 15.8. The van der Waals surface area contributed by atoms with Gasteiger partial charge in [-0.1, -0.05) is 11.6 Å². The van der Waals surface area contributed by atoms with Crippen molar-refractivity contribution in [1.82, 2.24) is 0 Å². The van der Waals surface area contributed by atoms with Gasteiger partial charge >= 0.3 is 0 Å². The summed E-state index contributed by atoms with van der Waals surface area (Å²) in [5.41, 5.74) is 6.85. The lowest BCUT2D eigenvalue weighted by atomic mass is 10.3. The molecule has 1 heterocycles. The zero-order valence-corrected chi connectivity index (χ0v) is 14.5. The number of halogens is 2. The SMILES string of the molecule is Cc1cc(S(=O)(=O)Nc2cc(Cl)ccc2Br)sc1CN. The Kier molecular flexibility index (Phi) is 4.76. The molecule has 0 spiro atoms. The summed E-state index contributed by atoms with van der Waals surface area (Å²) in [6, 6.07) is 6.53. The van der Waals surface area contributed by atoms with Crippen molar-refractivity contribution in [3.05, 3.63) is 44.2 Å². The van der Waals surface area contributed by atoms with Gasteiger partial charge in [0, 0.05) is 20.9 Å². The summed E-state index contributed by atoms with van der Waals surface area (Å²) < 4.78 is 28.1. The van der Waals surface area contributed by atoms with Gasteiger partial charge < -0.3 is 5.73 Å². The molecule has 0 aliphatic heterocycles. The average Bonchev–Trinajstić information content (AvgIpc) is 2.76. The van der Waals surface area contributed by atoms with E-state index >= 15 is 0 Å². The van der Waals surface area contributed by atoms with E-state index < -0.39 is 10.0 Å². The molecule has 0 saturated heterocycles. The van der Waals surface area contributed by atoms with Crippen LogP contribution in [0.5, 0.6) is 0 Å².